The molecule has 5 heteroatoms. The van der Waals surface area contributed by atoms with Gasteiger partial charge in [0, 0.05) is 11.9 Å². The first-order valence-electron chi connectivity index (χ1n) is 5.85. The van der Waals surface area contributed by atoms with Crippen LogP contribution in [0, 0.1) is 0 Å². The highest BCUT2D eigenvalue weighted by atomic mass is 35.5. The molecular formula is C14H14ClNO2S. The molecule has 0 spiro atoms. The van der Waals surface area contributed by atoms with Gasteiger partial charge in [0.1, 0.15) is 12.4 Å². The van der Waals surface area contributed by atoms with E-state index >= 15 is 0 Å². The second-order valence-electron chi connectivity index (χ2n) is 3.87. The van der Waals surface area contributed by atoms with Gasteiger partial charge in [0.2, 0.25) is 0 Å². The third-order valence-corrected chi connectivity index (χ3v) is 3.73. The molecule has 1 N–H and O–H groups in total. The molecule has 0 aliphatic rings. The Balaban J connectivity index is 1.76. The Bertz CT molecular complexity index is 510. The van der Waals surface area contributed by atoms with Crippen molar-refractivity contribution in [3.63, 3.8) is 0 Å². The summed E-state index contributed by atoms with van der Waals surface area (Å²) in [6.07, 6.45) is 1.16. The normalized spacial score (nSPS) is 12.1. The molecule has 2 rings (SSSR count). The van der Waals surface area contributed by atoms with E-state index < -0.39 is 6.10 Å². The van der Waals surface area contributed by atoms with Gasteiger partial charge < -0.3 is 9.84 Å². The number of hydrogen-bond donors (Lipinski definition) is 1. The Morgan fingerprint density at radius 3 is 2.74 bits per heavy atom. The average Bonchev–Trinajstić information content (AvgIpc) is 2.45. The minimum atomic E-state index is -0.566. The molecule has 0 saturated carbocycles. The number of benzene rings is 1. The predicted octanol–water partition coefficient (Wildman–Crippen LogP) is 3.27. The summed E-state index contributed by atoms with van der Waals surface area (Å²) in [7, 11) is 0. The van der Waals surface area contributed by atoms with Crippen LogP contribution in [-0.4, -0.2) is 28.6 Å². The number of aliphatic hydroxyl groups excluding tert-OH is 1. The summed E-state index contributed by atoms with van der Waals surface area (Å²) < 4.78 is 5.47. The molecular weight excluding hydrogens is 282 g/mol. The van der Waals surface area contributed by atoms with Crippen molar-refractivity contribution in [1.29, 1.82) is 0 Å². The van der Waals surface area contributed by atoms with Crippen molar-refractivity contribution >= 4 is 23.4 Å². The van der Waals surface area contributed by atoms with Crippen LogP contribution in [-0.2, 0) is 0 Å². The molecule has 0 radical (unpaired) electrons. The standard InChI is InChI=1S/C14H14ClNO2S/c15-12-5-1-2-6-13(12)18-9-11(17)10-19-14-7-3-4-8-16-14/h1-8,11,17H,9-10H2/t11-/m1/s1. The third-order valence-electron chi connectivity index (χ3n) is 2.33. The predicted molar refractivity (Wildman–Crippen MR) is 77.9 cm³/mol. The largest absolute Gasteiger partial charge is 0.489 e. The van der Waals surface area contributed by atoms with Gasteiger partial charge in [0.15, 0.2) is 0 Å². The maximum atomic E-state index is 9.85. The van der Waals surface area contributed by atoms with Gasteiger partial charge in [-0.25, -0.2) is 4.98 Å². The fourth-order valence-corrected chi connectivity index (χ4v) is 2.37. The second-order valence-corrected chi connectivity index (χ2v) is 5.32. The molecule has 0 amide bonds. The Kier molecular flexibility index (Phi) is 5.51. The molecule has 1 atom stereocenters. The van der Waals surface area contributed by atoms with Gasteiger partial charge in [-0.2, -0.15) is 0 Å². The molecule has 0 saturated heterocycles. The smallest absolute Gasteiger partial charge is 0.138 e. The summed E-state index contributed by atoms with van der Waals surface area (Å²) in [6, 6.07) is 12.9. The van der Waals surface area contributed by atoms with Crippen molar-refractivity contribution in [3.8, 4) is 5.75 Å². The fourth-order valence-electron chi connectivity index (χ4n) is 1.41. The Morgan fingerprint density at radius 1 is 1.21 bits per heavy atom. The first-order valence-corrected chi connectivity index (χ1v) is 7.21. The molecule has 1 aromatic heterocycles. The van der Waals surface area contributed by atoms with Crippen LogP contribution < -0.4 is 4.74 Å². The topological polar surface area (TPSA) is 42.4 Å². The van der Waals surface area contributed by atoms with E-state index in [2.05, 4.69) is 4.98 Å². The van der Waals surface area contributed by atoms with Crippen LogP contribution in [0.2, 0.25) is 5.02 Å². The lowest BCUT2D eigenvalue weighted by atomic mass is 10.3. The molecule has 1 aromatic carbocycles. The molecule has 0 aliphatic carbocycles. The Hall–Kier alpha value is -1.23. The van der Waals surface area contributed by atoms with Crippen molar-refractivity contribution in [1.82, 2.24) is 4.98 Å². The number of para-hydroxylation sites is 1. The summed E-state index contributed by atoms with van der Waals surface area (Å²) in [6.45, 7) is 0.212. The molecule has 1 heterocycles. The van der Waals surface area contributed by atoms with E-state index in [-0.39, 0.29) is 6.61 Å². The third kappa shape index (κ3) is 4.74. The first kappa shape index (κ1) is 14.2. The zero-order chi connectivity index (χ0) is 13.5. The number of pyridine rings is 1. The Labute approximate surface area is 121 Å². The van der Waals surface area contributed by atoms with Crippen molar-refractivity contribution in [2.45, 2.75) is 11.1 Å². The lowest BCUT2D eigenvalue weighted by Gasteiger charge is -2.12. The maximum Gasteiger partial charge on any atom is 0.138 e. The highest BCUT2D eigenvalue weighted by Gasteiger charge is 2.08. The van der Waals surface area contributed by atoms with Crippen molar-refractivity contribution in [2.24, 2.45) is 0 Å². The molecule has 100 valence electrons. The highest BCUT2D eigenvalue weighted by molar-refractivity contribution is 7.99. The van der Waals surface area contributed by atoms with E-state index in [4.69, 9.17) is 16.3 Å². The number of aromatic nitrogens is 1. The minimum absolute atomic E-state index is 0.212. The number of halogens is 1. The van der Waals surface area contributed by atoms with Gasteiger partial charge in [0.25, 0.3) is 0 Å². The van der Waals surface area contributed by atoms with Gasteiger partial charge in [-0.1, -0.05) is 29.8 Å². The molecule has 0 aliphatic heterocycles. The second kappa shape index (κ2) is 7.38. The van der Waals surface area contributed by atoms with Crippen LogP contribution >= 0.6 is 23.4 Å². The summed E-state index contributed by atoms with van der Waals surface area (Å²) in [5.41, 5.74) is 0. The molecule has 3 nitrogen and oxygen atoms in total. The zero-order valence-electron chi connectivity index (χ0n) is 10.2. The molecule has 0 unspecified atom stereocenters. The van der Waals surface area contributed by atoms with Crippen LogP contribution in [0.4, 0.5) is 0 Å². The average molecular weight is 296 g/mol. The minimum Gasteiger partial charge on any atom is -0.489 e. The zero-order valence-corrected chi connectivity index (χ0v) is 11.8. The van der Waals surface area contributed by atoms with Crippen molar-refractivity contribution in [3.05, 3.63) is 53.7 Å². The summed E-state index contributed by atoms with van der Waals surface area (Å²) in [4.78, 5) is 4.17. The quantitative estimate of drug-likeness (QED) is 0.831. The van der Waals surface area contributed by atoms with Crippen molar-refractivity contribution < 1.29 is 9.84 Å². The van der Waals surface area contributed by atoms with Crippen molar-refractivity contribution in [2.75, 3.05) is 12.4 Å². The number of aliphatic hydroxyl groups is 1. The van der Waals surface area contributed by atoms with E-state index in [0.717, 1.165) is 5.03 Å². The molecule has 0 bridgehead atoms. The van der Waals surface area contributed by atoms with E-state index in [1.54, 1.807) is 18.3 Å². The van der Waals surface area contributed by atoms with E-state index in [1.165, 1.54) is 11.8 Å². The van der Waals surface area contributed by atoms with Crippen LogP contribution in [0.25, 0.3) is 0 Å². The van der Waals surface area contributed by atoms with Gasteiger partial charge in [-0.15, -0.1) is 11.8 Å². The maximum absolute atomic E-state index is 9.85. The number of rotatable bonds is 6. The molecule has 0 fully saturated rings. The van der Waals surface area contributed by atoms with Crippen LogP contribution in [0.5, 0.6) is 5.75 Å². The lowest BCUT2D eigenvalue weighted by molar-refractivity contribution is 0.126. The number of nitrogens with zero attached hydrogens (tertiary/aromatic N) is 1. The molecule has 19 heavy (non-hydrogen) atoms. The van der Waals surface area contributed by atoms with Gasteiger partial charge >= 0.3 is 0 Å². The van der Waals surface area contributed by atoms with Gasteiger partial charge in [-0.3, -0.25) is 0 Å². The van der Waals surface area contributed by atoms with Crippen LogP contribution in [0.15, 0.2) is 53.7 Å². The SMILES string of the molecule is O[C@H](COc1ccccc1Cl)CSc1ccccn1. The monoisotopic (exact) mass is 295 g/mol. The summed E-state index contributed by atoms with van der Waals surface area (Å²) in [5.74, 6) is 1.12. The van der Waals surface area contributed by atoms with E-state index in [0.29, 0.717) is 16.5 Å². The summed E-state index contributed by atoms with van der Waals surface area (Å²) in [5, 5.41) is 11.3. The number of hydrogen-bond acceptors (Lipinski definition) is 4. The highest BCUT2D eigenvalue weighted by Crippen LogP contribution is 2.23. The van der Waals surface area contributed by atoms with Gasteiger partial charge in [-0.05, 0) is 24.3 Å². The lowest BCUT2D eigenvalue weighted by Crippen LogP contribution is -2.20. The van der Waals surface area contributed by atoms with Gasteiger partial charge in [0.05, 0.1) is 16.2 Å². The van der Waals surface area contributed by atoms with E-state index in [9.17, 15) is 5.11 Å². The number of ether oxygens (including phenoxy) is 1. The van der Waals surface area contributed by atoms with Crippen LogP contribution in [0.1, 0.15) is 0 Å². The summed E-state index contributed by atoms with van der Waals surface area (Å²) >= 11 is 7.45. The Morgan fingerprint density at radius 2 is 2.00 bits per heavy atom. The number of thioether (sulfide) groups is 1. The fraction of sp³-hybridized carbons (Fsp3) is 0.214. The molecule has 2 aromatic rings. The van der Waals surface area contributed by atoms with Crippen LogP contribution in [0.3, 0.4) is 0 Å². The first-order chi connectivity index (χ1) is 9.25. The van der Waals surface area contributed by atoms with E-state index in [1.807, 2.05) is 30.3 Å².